The molecule has 6 heteroatoms. The average molecular weight is 304 g/mol. The molecule has 0 fully saturated rings. The van der Waals surface area contributed by atoms with Crippen LogP contribution in [0.5, 0.6) is 0 Å². The lowest BCUT2D eigenvalue weighted by atomic mass is 10.1. The van der Waals surface area contributed by atoms with E-state index in [0.29, 0.717) is 12.1 Å². The van der Waals surface area contributed by atoms with Gasteiger partial charge in [0, 0.05) is 25.0 Å². The largest absolute Gasteiger partial charge is 0.348 e. The molecule has 2 N–H and O–H groups in total. The van der Waals surface area contributed by atoms with Gasteiger partial charge in [0.15, 0.2) is 0 Å². The molecule has 1 aromatic heterocycles. The Kier molecular flexibility index (Phi) is 8.39. The highest BCUT2D eigenvalue weighted by atomic mass is 35.5. The second-order valence-electron chi connectivity index (χ2n) is 4.14. The van der Waals surface area contributed by atoms with E-state index >= 15 is 0 Å². The Morgan fingerprint density at radius 3 is 2.89 bits per heavy atom. The summed E-state index contributed by atoms with van der Waals surface area (Å²) in [6.45, 7) is 4.37. The minimum atomic E-state index is -0.0463. The first-order valence-electron chi connectivity index (χ1n) is 5.86. The number of carbonyl (C=O) groups is 1. The number of aryl methyl sites for hydroxylation is 1. The Labute approximate surface area is 125 Å². The summed E-state index contributed by atoms with van der Waals surface area (Å²) in [6.07, 6.45) is 4.84. The van der Waals surface area contributed by atoms with Crippen LogP contribution in [-0.4, -0.2) is 30.5 Å². The normalized spacial score (nSPS) is 13.6. The molecule has 0 aromatic carbocycles. The van der Waals surface area contributed by atoms with E-state index in [1.807, 2.05) is 6.92 Å². The Bertz CT molecular complexity index is 449. The number of pyridine rings is 1. The molecule has 0 atom stereocenters. The minimum absolute atomic E-state index is 0. The van der Waals surface area contributed by atoms with Crippen LogP contribution < -0.4 is 10.6 Å². The Morgan fingerprint density at radius 2 is 2.26 bits per heavy atom. The molecule has 0 unspecified atom stereocenters. The SMILES string of the molecule is Cc1ncccc1C(=O)NCC1=CCNCC1.Cl.Cl. The zero-order chi connectivity index (χ0) is 12.1. The third-order valence-corrected chi connectivity index (χ3v) is 2.89. The Morgan fingerprint density at radius 1 is 1.47 bits per heavy atom. The van der Waals surface area contributed by atoms with Gasteiger partial charge in [-0.15, -0.1) is 24.8 Å². The van der Waals surface area contributed by atoms with Crippen LogP contribution in [0.3, 0.4) is 0 Å². The van der Waals surface area contributed by atoms with E-state index < -0.39 is 0 Å². The molecule has 1 amide bonds. The predicted octanol–water partition coefficient (Wildman–Crippen LogP) is 1.88. The summed E-state index contributed by atoms with van der Waals surface area (Å²) in [7, 11) is 0. The monoisotopic (exact) mass is 303 g/mol. The molecule has 0 bridgehead atoms. The van der Waals surface area contributed by atoms with Gasteiger partial charge in [0.25, 0.3) is 5.91 Å². The second kappa shape index (κ2) is 8.91. The number of hydrogen-bond acceptors (Lipinski definition) is 3. The van der Waals surface area contributed by atoms with Crippen molar-refractivity contribution in [3.63, 3.8) is 0 Å². The molecule has 4 nitrogen and oxygen atoms in total. The summed E-state index contributed by atoms with van der Waals surface area (Å²) in [5, 5.41) is 6.18. The molecular weight excluding hydrogens is 285 g/mol. The van der Waals surface area contributed by atoms with Crippen LogP contribution in [0.2, 0.25) is 0 Å². The molecule has 0 spiro atoms. The van der Waals surface area contributed by atoms with Crippen LogP contribution in [0.15, 0.2) is 30.0 Å². The van der Waals surface area contributed by atoms with Gasteiger partial charge in [0.05, 0.1) is 5.56 Å². The molecule has 106 valence electrons. The van der Waals surface area contributed by atoms with Crippen molar-refractivity contribution in [2.24, 2.45) is 0 Å². The fourth-order valence-electron chi connectivity index (χ4n) is 1.84. The van der Waals surface area contributed by atoms with Crippen LogP contribution in [0.4, 0.5) is 0 Å². The van der Waals surface area contributed by atoms with E-state index in [0.717, 1.165) is 25.2 Å². The second-order valence-corrected chi connectivity index (χ2v) is 4.14. The van der Waals surface area contributed by atoms with Gasteiger partial charge in [-0.25, -0.2) is 0 Å². The standard InChI is InChI=1S/C13H17N3O.2ClH/c1-10-12(3-2-6-15-10)13(17)16-9-11-4-7-14-8-5-11;;/h2-4,6,14H,5,7-9H2,1H3,(H,16,17);2*1H. The van der Waals surface area contributed by atoms with Crippen molar-refractivity contribution in [3.8, 4) is 0 Å². The quantitative estimate of drug-likeness (QED) is 0.839. The first-order chi connectivity index (χ1) is 8.27. The van der Waals surface area contributed by atoms with Crippen LogP contribution >= 0.6 is 24.8 Å². The van der Waals surface area contributed by atoms with Crippen LogP contribution in [0.25, 0.3) is 0 Å². The van der Waals surface area contributed by atoms with Crippen molar-refractivity contribution in [2.45, 2.75) is 13.3 Å². The summed E-state index contributed by atoms with van der Waals surface area (Å²) in [4.78, 5) is 16.0. The van der Waals surface area contributed by atoms with Crippen molar-refractivity contribution in [1.82, 2.24) is 15.6 Å². The van der Waals surface area contributed by atoms with Gasteiger partial charge in [0.2, 0.25) is 0 Å². The molecule has 0 saturated heterocycles. The highest BCUT2D eigenvalue weighted by molar-refractivity contribution is 5.95. The number of hydrogen-bond donors (Lipinski definition) is 2. The van der Waals surface area contributed by atoms with E-state index in [9.17, 15) is 4.79 Å². The number of amides is 1. The third kappa shape index (κ3) is 5.19. The molecule has 1 aliphatic rings. The lowest BCUT2D eigenvalue weighted by molar-refractivity contribution is 0.0955. The van der Waals surface area contributed by atoms with Gasteiger partial charge >= 0.3 is 0 Å². The van der Waals surface area contributed by atoms with Gasteiger partial charge < -0.3 is 10.6 Å². The lowest BCUT2D eigenvalue weighted by Crippen LogP contribution is -2.30. The van der Waals surface area contributed by atoms with E-state index in [1.54, 1.807) is 18.3 Å². The molecule has 19 heavy (non-hydrogen) atoms. The van der Waals surface area contributed by atoms with Crippen molar-refractivity contribution < 1.29 is 4.79 Å². The van der Waals surface area contributed by atoms with E-state index in [-0.39, 0.29) is 30.7 Å². The molecule has 1 aromatic rings. The zero-order valence-electron chi connectivity index (χ0n) is 10.8. The number of nitrogens with one attached hydrogen (secondary N) is 2. The molecule has 2 rings (SSSR count). The minimum Gasteiger partial charge on any atom is -0.348 e. The Balaban J connectivity index is 0.00000162. The summed E-state index contributed by atoms with van der Waals surface area (Å²) < 4.78 is 0. The zero-order valence-corrected chi connectivity index (χ0v) is 12.4. The van der Waals surface area contributed by atoms with E-state index in [1.165, 1.54) is 5.57 Å². The topological polar surface area (TPSA) is 54.0 Å². The third-order valence-electron chi connectivity index (χ3n) is 2.89. The fraction of sp³-hybridized carbons (Fsp3) is 0.385. The number of rotatable bonds is 3. The van der Waals surface area contributed by atoms with Crippen LogP contribution in [-0.2, 0) is 0 Å². The summed E-state index contributed by atoms with van der Waals surface area (Å²) in [5.41, 5.74) is 2.71. The summed E-state index contributed by atoms with van der Waals surface area (Å²) >= 11 is 0. The number of aromatic nitrogens is 1. The van der Waals surface area contributed by atoms with Gasteiger partial charge in [0.1, 0.15) is 0 Å². The molecule has 2 heterocycles. The van der Waals surface area contributed by atoms with Gasteiger partial charge in [-0.1, -0.05) is 11.6 Å². The fourth-order valence-corrected chi connectivity index (χ4v) is 1.84. The summed E-state index contributed by atoms with van der Waals surface area (Å²) in [5.74, 6) is -0.0463. The van der Waals surface area contributed by atoms with Crippen LogP contribution in [0.1, 0.15) is 22.5 Å². The maximum atomic E-state index is 11.9. The number of halogens is 2. The van der Waals surface area contributed by atoms with E-state index in [4.69, 9.17) is 0 Å². The Hall–Kier alpha value is -1.10. The first-order valence-corrected chi connectivity index (χ1v) is 5.86. The highest BCUT2D eigenvalue weighted by Gasteiger charge is 2.10. The van der Waals surface area contributed by atoms with Crippen LogP contribution in [0, 0.1) is 6.92 Å². The maximum Gasteiger partial charge on any atom is 0.253 e. The predicted molar refractivity (Wildman–Crippen MR) is 81.4 cm³/mol. The molecule has 0 aliphatic carbocycles. The van der Waals surface area contributed by atoms with Gasteiger partial charge in [-0.05, 0) is 32.0 Å². The molecule has 0 radical (unpaired) electrons. The van der Waals surface area contributed by atoms with Gasteiger partial charge in [-0.2, -0.15) is 0 Å². The molecule has 0 saturated carbocycles. The smallest absolute Gasteiger partial charge is 0.253 e. The molecular formula is C13H19Cl2N3O. The number of carbonyl (C=O) groups excluding carboxylic acids is 1. The van der Waals surface area contributed by atoms with Gasteiger partial charge in [-0.3, -0.25) is 9.78 Å². The number of nitrogens with zero attached hydrogens (tertiary/aromatic N) is 1. The average Bonchev–Trinajstić information content (AvgIpc) is 2.38. The molecule has 1 aliphatic heterocycles. The van der Waals surface area contributed by atoms with Crippen molar-refractivity contribution >= 4 is 30.7 Å². The van der Waals surface area contributed by atoms with Crippen molar-refractivity contribution in [1.29, 1.82) is 0 Å². The summed E-state index contributed by atoms with van der Waals surface area (Å²) in [6, 6.07) is 3.58. The van der Waals surface area contributed by atoms with Crippen molar-refractivity contribution in [2.75, 3.05) is 19.6 Å². The lowest BCUT2D eigenvalue weighted by Gasteiger charge is -2.14. The maximum absolute atomic E-state index is 11.9. The van der Waals surface area contributed by atoms with E-state index in [2.05, 4.69) is 21.7 Å². The van der Waals surface area contributed by atoms with Crippen molar-refractivity contribution in [3.05, 3.63) is 41.2 Å². The highest BCUT2D eigenvalue weighted by Crippen LogP contribution is 2.05. The first kappa shape index (κ1) is 17.9.